The van der Waals surface area contributed by atoms with Crippen molar-refractivity contribution < 1.29 is 23.0 Å². The zero-order chi connectivity index (χ0) is 16.3. The molecule has 0 aliphatic carbocycles. The summed E-state index contributed by atoms with van der Waals surface area (Å²) in [5.74, 6) is 0. The zero-order valence-electron chi connectivity index (χ0n) is 12.6. The third-order valence-electron chi connectivity index (χ3n) is 2.48. The van der Waals surface area contributed by atoms with Gasteiger partial charge < -0.3 is 9.84 Å². The molecule has 1 rings (SSSR count). The molecule has 0 spiro atoms. The number of aliphatic hydroxyl groups is 1. The second kappa shape index (κ2) is 7.04. The van der Waals surface area contributed by atoms with Crippen LogP contribution in [0.5, 0.6) is 0 Å². The summed E-state index contributed by atoms with van der Waals surface area (Å²) in [5, 5.41) is 11.2. The van der Waals surface area contributed by atoms with E-state index in [1.807, 2.05) is 20.8 Å². The summed E-state index contributed by atoms with van der Waals surface area (Å²) >= 11 is 0.964. The molecule has 1 N–H and O–H groups in total. The first-order valence-electron chi connectivity index (χ1n) is 6.49. The summed E-state index contributed by atoms with van der Waals surface area (Å²) < 4.78 is 42.8. The van der Waals surface area contributed by atoms with Crippen molar-refractivity contribution in [2.75, 3.05) is 20.2 Å². The lowest BCUT2D eigenvalue weighted by atomic mass is 10.2. The van der Waals surface area contributed by atoms with Crippen molar-refractivity contribution in [2.45, 2.75) is 45.2 Å². The Labute approximate surface area is 126 Å². The molecular formula is C13H21F3N2O2S. The van der Waals surface area contributed by atoms with Crippen molar-refractivity contribution in [3.8, 4) is 0 Å². The van der Waals surface area contributed by atoms with Crippen molar-refractivity contribution in [1.82, 2.24) is 9.88 Å². The lowest BCUT2D eigenvalue weighted by Crippen LogP contribution is -2.34. The van der Waals surface area contributed by atoms with E-state index in [1.165, 1.54) is 0 Å². The van der Waals surface area contributed by atoms with E-state index >= 15 is 0 Å². The molecule has 0 amide bonds. The number of ether oxygens (including phenoxy) is 1. The summed E-state index contributed by atoms with van der Waals surface area (Å²) in [6, 6.07) is 0. The number of thiazole rings is 1. The standard InChI is InChI=1S/C13H21F3N2O2S/c1-12(2,3)20-7-9(19)5-18(4)6-11-17-10(8-21-11)13(14,15)16/h8-9,19H,5-7H2,1-4H3. The van der Waals surface area contributed by atoms with Crippen LogP contribution < -0.4 is 0 Å². The lowest BCUT2D eigenvalue weighted by Gasteiger charge is -2.24. The van der Waals surface area contributed by atoms with Gasteiger partial charge in [0.25, 0.3) is 0 Å². The number of aliphatic hydroxyl groups excluding tert-OH is 1. The average Bonchev–Trinajstić information content (AvgIpc) is 2.73. The quantitative estimate of drug-likeness (QED) is 0.873. The maximum absolute atomic E-state index is 12.4. The molecule has 21 heavy (non-hydrogen) atoms. The fraction of sp³-hybridized carbons (Fsp3) is 0.769. The Kier molecular flexibility index (Phi) is 6.15. The molecule has 0 radical (unpaired) electrons. The Bertz CT molecular complexity index is 443. The highest BCUT2D eigenvalue weighted by molar-refractivity contribution is 7.09. The van der Waals surface area contributed by atoms with Gasteiger partial charge in [-0.15, -0.1) is 11.3 Å². The molecule has 1 atom stereocenters. The Morgan fingerprint density at radius 2 is 2.00 bits per heavy atom. The highest BCUT2D eigenvalue weighted by Gasteiger charge is 2.33. The summed E-state index contributed by atoms with van der Waals surface area (Å²) in [5.41, 5.74) is -1.20. The second-order valence-electron chi connectivity index (χ2n) is 5.90. The van der Waals surface area contributed by atoms with Gasteiger partial charge in [-0.05, 0) is 27.8 Å². The molecule has 122 valence electrons. The maximum Gasteiger partial charge on any atom is 0.434 e. The van der Waals surface area contributed by atoms with E-state index in [4.69, 9.17) is 4.74 Å². The molecule has 0 aliphatic heterocycles. The maximum atomic E-state index is 12.4. The van der Waals surface area contributed by atoms with Crippen molar-refractivity contribution in [3.63, 3.8) is 0 Å². The van der Waals surface area contributed by atoms with Crippen LogP contribution in [0.4, 0.5) is 13.2 Å². The summed E-state index contributed by atoms with van der Waals surface area (Å²) in [4.78, 5) is 5.27. The molecule has 0 saturated heterocycles. The topological polar surface area (TPSA) is 45.6 Å². The summed E-state index contributed by atoms with van der Waals surface area (Å²) in [6.07, 6.45) is -5.11. The predicted molar refractivity (Wildman–Crippen MR) is 75.2 cm³/mol. The number of alkyl halides is 3. The molecule has 0 bridgehead atoms. The smallest absolute Gasteiger partial charge is 0.389 e. The van der Waals surface area contributed by atoms with Gasteiger partial charge in [0, 0.05) is 11.9 Å². The first kappa shape index (κ1) is 18.3. The van der Waals surface area contributed by atoms with Crippen LogP contribution >= 0.6 is 11.3 Å². The zero-order valence-corrected chi connectivity index (χ0v) is 13.4. The second-order valence-corrected chi connectivity index (χ2v) is 6.84. The monoisotopic (exact) mass is 326 g/mol. The van der Waals surface area contributed by atoms with Gasteiger partial charge >= 0.3 is 6.18 Å². The first-order valence-corrected chi connectivity index (χ1v) is 7.37. The van der Waals surface area contributed by atoms with E-state index in [-0.39, 0.29) is 18.8 Å². The lowest BCUT2D eigenvalue weighted by molar-refractivity contribution is -0.140. The van der Waals surface area contributed by atoms with Crippen LogP contribution in [0.15, 0.2) is 5.38 Å². The molecule has 0 fully saturated rings. The molecule has 1 aromatic rings. The van der Waals surface area contributed by atoms with Crippen LogP contribution in [-0.2, 0) is 17.5 Å². The van der Waals surface area contributed by atoms with Crippen LogP contribution in [0.2, 0.25) is 0 Å². The van der Waals surface area contributed by atoms with Crippen LogP contribution in [-0.4, -0.2) is 46.9 Å². The van der Waals surface area contributed by atoms with Gasteiger partial charge in [0.15, 0.2) is 5.69 Å². The SMILES string of the molecule is CN(Cc1nc(C(F)(F)F)cs1)CC(O)COC(C)(C)C. The Morgan fingerprint density at radius 3 is 2.48 bits per heavy atom. The Balaban J connectivity index is 2.43. The molecule has 8 heteroatoms. The Morgan fingerprint density at radius 1 is 1.38 bits per heavy atom. The third-order valence-corrected chi connectivity index (χ3v) is 3.31. The van der Waals surface area contributed by atoms with E-state index < -0.39 is 18.0 Å². The van der Waals surface area contributed by atoms with Crippen molar-refractivity contribution in [2.24, 2.45) is 0 Å². The summed E-state index contributed by atoms with van der Waals surface area (Å²) in [7, 11) is 1.72. The number of hydrogen-bond acceptors (Lipinski definition) is 5. The average molecular weight is 326 g/mol. The van der Waals surface area contributed by atoms with Gasteiger partial charge in [0.05, 0.1) is 24.9 Å². The molecule has 1 heterocycles. The van der Waals surface area contributed by atoms with Crippen molar-refractivity contribution in [1.29, 1.82) is 0 Å². The van der Waals surface area contributed by atoms with E-state index in [0.29, 0.717) is 11.6 Å². The molecular weight excluding hydrogens is 305 g/mol. The number of nitrogens with zero attached hydrogens (tertiary/aromatic N) is 2. The molecule has 1 aromatic heterocycles. The van der Waals surface area contributed by atoms with Gasteiger partial charge in [-0.25, -0.2) is 4.98 Å². The number of halogens is 3. The number of rotatable bonds is 6. The minimum Gasteiger partial charge on any atom is -0.389 e. The van der Waals surface area contributed by atoms with E-state index in [0.717, 1.165) is 16.7 Å². The normalized spacial score (nSPS) is 14.7. The van der Waals surface area contributed by atoms with Crippen LogP contribution in [0.1, 0.15) is 31.5 Å². The summed E-state index contributed by atoms with van der Waals surface area (Å²) in [6.45, 7) is 6.40. The molecule has 1 unspecified atom stereocenters. The van der Waals surface area contributed by atoms with Gasteiger partial charge in [-0.3, -0.25) is 4.90 Å². The molecule has 0 aliphatic rings. The van der Waals surface area contributed by atoms with Gasteiger partial charge in [-0.2, -0.15) is 13.2 Å². The Hall–Kier alpha value is -0.700. The third kappa shape index (κ3) is 7.21. The highest BCUT2D eigenvalue weighted by Crippen LogP contribution is 2.30. The number of aromatic nitrogens is 1. The minimum atomic E-state index is -4.41. The molecule has 0 saturated carbocycles. The van der Waals surface area contributed by atoms with Gasteiger partial charge in [-0.1, -0.05) is 0 Å². The van der Waals surface area contributed by atoms with Crippen LogP contribution in [0, 0.1) is 0 Å². The van der Waals surface area contributed by atoms with Crippen LogP contribution in [0.3, 0.4) is 0 Å². The molecule has 0 aromatic carbocycles. The van der Waals surface area contributed by atoms with Crippen molar-refractivity contribution >= 4 is 11.3 Å². The highest BCUT2D eigenvalue weighted by atomic mass is 32.1. The predicted octanol–water partition coefficient (Wildman–Crippen LogP) is 2.77. The van der Waals surface area contributed by atoms with E-state index in [9.17, 15) is 18.3 Å². The van der Waals surface area contributed by atoms with Gasteiger partial charge in [0.1, 0.15) is 5.01 Å². The molecule has 4 nitrogen and oxygen atoms in total. The number of likely N-dealkylation sites (N-methyl/N-ethyl adjacent to an activating group) is 1. The fourth-order valence-corrected chi connectivity index (χ4v) is 2.45. The largest absolute Gasteiger partial charge is 0.434 e. The van der Waals surface area contributed by atoms with Gasteiger partial charge in [0.2, 0.25) is 0 Å². The fourth-order valence-electron chi connectivity index (χ4n) is 1.57. The van der Waals surface area contributed by atoms with E-state index in [2.05, 4.69) is 4.98 Å². The first-order chi connectivity index (χ1) is 9.47. The van der Waals surface area contributed by atoms with Crippen LogP contribution in [0.25, 0.3) is 0 Å². The number of hydrogen-bond donors (Lipinski definition) is 1. The minimum absolute atomic E-state index is 0.180. The van der Waals surface area contributed by atoms with Crippen molar-refractivity contribution in [3.05, 3.63) is 16.1 Å². The van der Waals surface area contributed by atoms with E-state index in [1.54, 1.807) is 11.9 Å².